The van der Waals surface area contributed by atoms with Crippen molar-refractivity contribution < 1.29 is 27.1 Å². The first kappa shape index (κ1) is 30.7. The quantitative estimate of drug-likeness (QED) is 0.363. The van der Waals surface area contributed by atoms with Crippen LogP contribution in [-0.2, 0) is 26.2 Å². The third-order valence-corrected chi connectivity index (χ3v) is 8.42. The fraction of sp³-hybridized carbons (Fsp3) is 0.500. The fourth-order valence-corrected chi connectivity index (χ4v) is 6.10. The smallest absolute Gasteiger partial charge is 0.243 e. The van der Waals surface area contributed by atoms with Crippen LogP contribution in [0.1, 0.15) is 57.4 Å². The number of carbonyl (C=O) groups is 2. The zero-order chi connectivity index (χ0) is 28.6. The normalized spacial score (nSPS) is 14.6. The van der Waals surface area contributed by atoms with Crippen molar-refractivity contribution in [3.63, 3.8) is 0 Å². The Balaban J connectivity index is 1.76. The van der Waals surface area contributed by atoms with Gasteiger partial charge in [0.05, 0.1) is 24.1 Å². The molecule has 0 bridgehead atoms. The van der Waals surface area contributed by atoms with Crippen LogP contribution in [0, 0.1) is 5.82 Å². The molecule has 39 heavy (non-hydrogen) atoms. The van der Waals surface area contributed by atoms with Gasteiger partial charge in [-0.3, -0.25) is 13.9 Å². The number of benzene rings is 2. The standard InChI is InChI=1S/C28H37ClFN3O5S/c1-4-25(28(35)31-22-8-5-6-9-22)32(19-20-11-13-21(30)14-12-20)27(34)10-7-17-33(39(3,36)37)23-15-16-26(38-2)24(29)18-23/h11-16,18,22,25H,4-10,17,19H2,1-3H3,(H,31,35). The van der Waals surface area contributed by atoms with Gasteiger partial charge in [-0.15, -0.1) is 0 Å². The number of anilines is 1. The maximum atomic E-state index is 13.5. The maximum absolute atomic E-state index is 13.5. The molecular formula is C28H37ClFN3O5S. The molecular weight excluding hydrogens is 545 g/mol. The van der Waals surface area contributed by atoms with Crippen molar-refractivity contribution in [3.8, 4) is 5.75 Å². The monoisotopic (exact) mass is 581 g/mol. The third-order valence-electron chi connectivity index (χ3n) is 6.93. The van der Waals surface area contributed by atoms with Crippen molar-refractivity contribution in [3.05, 3.63) is 58.9 Å². The van der Waals surface area contributed by atoms with Crippen molar-refractivity contribution in [2.75, 3.05) is 24.2 Å². The minimum Gasteiger partial charge on any atom is -0.495 e. The Bertz CT molecular complexity index is 1240. The Morgan fingerprint density at radius 3 is 2.38 bits per heavy atom. The van der Waals surface area contributed by atoms with E-state index in [2.05, 4.69) is 5.32 Å². The van der Waals surface area contributed by atoms with E-state index in [4.69, 9.17) is 16.3 Å². The van der Waals surface area contributed by atoms with E-state index >= 15 is 0 Å². The molecule has 0 aliphatic heterocycles. The number of hydrogen-bond acceptors (Lipinski definition) is 5. The molecule has 1 N–H and O–H groups in total. The highest BCUT2D eigenvalue weighted by atomic mass is 35.5. The van der Waals surface area contributed by atoms with Crippen molar-refractivity contribution >= 4 is 39.1 Å². The fourth-order valence-electron chi connectivity index (χ4n) is 4.89. The van der Waals surface area contributed by atoms with Gasteiger partial charge in [-0.25, -0.2) is 12.8 Å². The number of carbonyl (C=O) groups excluding carboxylic acids is 2. The van der Waals surface area contributed by atoms with Crippen molar-refractivity contribution in [2.24, 2.45) is 0 Å². The lowest BCUT2D eigenvalue weighted by Gasteiger charge is -2.32. The summed E-state index contributed by atoms with van der Waals surface area (Å²) in [6, 6.07) is 9.91. The number of methoxy groups -OCH3 is 1. The second-order valence-corrected chi connectivity index (χ2v) is 12.1. The molecule has 1 fully saturated rings. The number of ether oxygens (including phenoxy) is 1. The summed E-state index contributed by atoms with van der Waals surface area (Å²) in [6.45, 7) is 2.03. The van der Waals surface area contributed by atoms with Gasteiger partial charge in [0.1, 0.15) is 17.6 Å². The van der Waals surface area contributed by atoms with E-state index in [0.717, 1.165) is 31.9 Å². The topological polar surface area (TPSA) is 96.0 Å². The molecule has 0 radical (unpaired) electrons. The van der Waals surface area contributed by atoms with Gasteiger partial charge >= 0.3 is 0 Å². The molecule has 1 aliphatic carbocycles. The van der Waals surface area contributed by atoms with Gasteiger partial charge in [0.2, 0.25) is 21.8 Å². The molecule has 8 nitrogen and oxygen atoms in total. The summed E-state index contributed by atoms with van der Waals surface area (Å²) < 4.78 is 45.0. The number of amides is 2. The molecule has 1 saturated carbocycles. The van der Waals surface area contributed by atoms with E-state index in [9.17, 15) is 22.4 Å². The molecule has 0 spiro atoms. The summed E-state index contributed by atoms with van der Waals surface area (Å²) in [5.74, 6) is -0.455. The molecule has 1 atom stereocenters. The first-order chi connectivity index (χ1) is 18.5. The van der Waals surface area contributed by atoms with Gasteiger partial charge in [-0.05, 0) is 61.6 Å². The van der Waals surface area contributed by atoms with Gasteiger partial charge in [-0.1, -0.05) is 43.5 Å². The minimum absolute atomic E-state index is 0.0182. The van der Waals surface area contributed by atoms with E-state index in [1.54, 1.807) is 24.3 Å². The molecule has 0 saturated heterocycles. The van der Waals surface area contributed by atoms with E-state index in [-0.39, 0.29) is 54.6 Å². The lowest BCUT2D eigenvalue weighted by Crippen LogP contribution is -2.51. The molecule has 1 unspecified atom stereocenters. The highest BCUT2D eigenvalue weighted by Gasteiger charge is 2.30. The SMILES string of the molecule is CCC(C(=O)NC1CCCC1)N(Cc1ccc(F)cc1)C(=O)CCCN(c1ccc(OC)c(Cl)c1)S(C)(=O)=O. The van der Waals surface area contributed by atoms with Crippen LogP contribution in [0.5, 0.6) is 5.75 Å². The first-order valence-electron chi connectivity index (χ1n) is 13.2. The summed E-state index contributed by atoms with van der Waals surface area (Å²) in [7, 11) is -2.20. The molecule has 0 heterocycles. The Hall–Kier alpha value is -2.85. The van der Waals surface area contributed by atoms with Crippen LogP contribution in [0.15, 0.2) is 42.5 Å². The summed E-state index contributed by atoms with van der Waals surface area (Å²) in [4.78, 5) is 28.3. The lowest BCUT2D eigenvalue weighted by atomic mass is 10.1. The van der Waals surface area contributed by atoms with Crippen LogP contribution in [0.25, 0.3) is 0 Å². The molecule has 0 aromatic heterocycles. The third kappa shape index (κ3) is 8.57. The Kier molecular flexibility index (Phi) is 11.0. The van der Waals surface area contributed by atoms with Gasteiger partial charge < -0.3 is 15.0 Å². The van der Waals surface area contributed by atoms with Crippen LogP contribution in [0.3, 0.4) is 0 Å². The summed E-state index contributed by atoms with van der Waals surface area (Å²) in [5, 5.41) is 3.36. The molecule has 2 aromatic carbocycles. The van der Waals surface area contributed by atoms with Gasteiger partial charge in [0.15, 0.2) is 0 Å². The number of nitrogens with one attached hydrogen (secondary N) is 1. The van der Waals surface area contributed by atoms with Crippen LogP contribution in [-0.4, -0.2) is 57.1 Å². The number of nitrogens with zero attached hydrogens (tertiary/aromatic N) is 2. The van der Waals surface area contributed by atoms with Gasteiger partial charge in [0, 0.05) is 25.6 Å². The van der Waals surface area contributed by atoms with Crippen LogP contribution < -0.4 is 14.4 Å². The van der Waals surface area contributed by atoms with E-state index in [1.165, 1.54) is 34.5 Å². The predicted molar refractivity (Wildman–Crippen MR) is 151 cm³/mol. The molecule has 1 aliphatic rings. The Labute approximate surface area is 235 Å². The van der Waals surface area contributed by atoms with Crippen LogP contribution in [0.4, 0.5) is 10.1 Å². The predicted octanol–water partition coefficient (Wildman–Crippen LogP) is 4.90. The summed E-state index contributed by atoms with van der Waals surface area (Å²) in [6.07, 6.45) is 5.71. The van der Waals surface area contributed by atoms with Crippen molar-refractivity contribution in [1.29, 1.82) is 0 Å². The zero-order valence-corrected chi connectivity index (χ0v) is 24.2. The van der Waals surface area contributed by atoms with Gasteiger partial charge in [-0.2, -0.15) is 0 Å². The highest BCUT2D eigenvalue weighted by molar-refractivity contribution is 7.92. The number of halogens is 2. The number of rotatable bonds is 13. The summed E-state index contributed by atoms with van der Waals surface area (Å²) in [5.41, 5.74) is 1.06. The molecule has 2 aromatic rings. The first-order valence-corrected chi connectivity index (χ1v) is 15.4. The average Bonchev–Trinajstić information content (AvgIpc) is 3.39. The van der Waals surface area contributed by atoms with Crippen molar-refractivity contribution in [2.45, 2.75) is 70.5 Å². The van der Waals surface area contributed by atoms with Crippen LogP contribution >= 0.6 is 11.6 Å². The molecule has 2 amide bonds. The Morgan fingerprint density at radius 1 is 1.15 bits per heavy atom. The molecule has 214 valence electrons. The second kappa shape index (κ2) is 14.0. The number of hydrogen-bond donors (Lipinski definition) is 1. The average molecular weight is 582 g/mol. The minimum atomic E-state index is -3.66. The lowest BCUT2D eigenvalue weighted by molar-refractivity contribution is -0.141. The molecule has 11 heteroatoms. The maximum Gasteiger partial charge on any atom is 0.243 e. The Morgan fingerprint density at radius 2 is 1.82 bits per heavy atom. The van der Waals surface area contributed by atoms with Crippen molar-refractivity contribution in [1.82, 2.24) is 10.2 Å². The van der Waals surface area contributed by atoms with E-state index in [1.807, 2.05) is 6.92 Å². The van der Waals surface area contributed by atoms with Crippen LogP contribution in [0.2, 0.25) is 5.02 Å². The summed E-state index contributed by atoms with van der Waals surface area (Å²) >= 11 is 6.21. The van der Waals surface area contributed by atoms with Gasteiger partial charge in [0.25, 0.3) is 0 Å². The molecule has 3 rings (SSSR count). The number of sulfonamides is 1. The van der Waals surface area contributed by atoms with E-state index in [0.29, 0.717) is 23.4 Å². The largest absolute Gasteiger partial charge is 0.495 e. The van der Waals surface area contributed by atoms with E-state index < -0.39 is 16.1 Å². The zero-order valence-electron chi connectivity index (χ0n) is 22.7. The second-order valence-electron chi connectivity index (χ2n) is 9.82. The highest BCUT2D eigenvalue weighted by Crippen LogP contribution is 2.30.